The highest BCUT2D eigenvalue weighted by Crippen LogP contribution is 2.33. The Bertz CT molecular complexity index is 1230. The summed E-state index contributed by atoms with van der Waals surface area (Å²) in [5, 5.41) is 3.96. The number of benzene rings is 1. The molecular formula is C26H32N4O3S. The molecule has 3 heterocycles. The molecule has 1 saturated heterocycles. The summed E-state index contributed by atoms with van der Waals surface area (Å²) in [6.45, 7) is 3.16. The fourth-order valence-electron chi connectivity index (χ4n) is 5.13. The van der Waals surface area contributed by atoms with Gasteiger partial charge in [-0.15, -0.1) is 11.3 Å². The van der Waals surface area contributed by atoms with Gasteiger partial charge in [-0.1, -0.05) is 12.1 Å². The maximum Gasteiger partial charge on any atom is 0.262 e. The predicted molar refractivity (Wildman–Crippen MR) is 135 cm³/mol. The summed E-state index contributed by atoms with van der Waals surface area (Å²) in [5.41, 5.74) is 2.44. The fourth-order valence-corrected chi connectivity index (χ4v) is 6.35. The first kappa shape index (κ1) is 23.1. The first-order valence-corrected chi connectivity index (χ1v) is 13.1. The van der Waals surface area contributed by atoms with Crippen LogP contribution in [0.3, 0.4) is 0 Å². The van der Waals surface area contributed by atoms with Gasteiger partial charge in [0.25, 0.3) is 5.56 Å². The van der Waals surface area contributed by atoms with Crippen LogP contribution in [0.15, 0.2) is 35.4 Å². The quantitative estimate of drug-likeness (QED) is 0.560. The molecule has 0 unspecified atom stereocenters. The number of methoxy groups -OCH3 is 1. The average Bonchev–Trinajstić information content (AvgIpc) is 3.24. The smallest absolute Gasteiger partial charge is 0.262 e. The van der Waals surface area contributed by atoms with Gasteiger partial charge in [0, 0.05) is 43.5 Å². The lowest BCUT2D eigenvalue weighted by Crippen LogP contribution is -2.44. The molecule has 5 rings (SSSR count). The van der Waals surface area contributed by atoms with Gasteiger partial charge in [0.05, 0.1) is 18.8 Å². The monoisotopic (exact) mass is 480 g/mol. The molecule has 1 aromatic carbocycles. The third-order valence-corrected chi connectivity index (χ3v) is 8.21. The van der Waals surface area contributed by atoms with E-state index in [1.165, 1.54) is 22.4 Å². The van der Waals surface area contributed by atoms with Crippen LogP contribution in [0, 0.1) is 0 Å². The van der Waals surface area contributed by atoms with Gasteiger partial charge >= 0.3 is 0 Å². The van der Waals surface area contributed by atoms with Crippen LogP contribution in [0.2, 0.25) is 0 Å². The van der Waals surface area contributed by atoms with Crippen LogP contribution in [0.1, 0.15) is 48.1 Å². The van der Waals surface area contributed by atoms with E-state index in [9.17, 15) is 9.59 Å². The number of amides is 1. The van der Waals surface area contributed by atoms with Crippen molar-refractivity contribution in [1.82, 2.24) is 19.8 Å². The highest BCUT2D eigenvalue weighted by Gasteiger charge is 2.22. The standard InChI is InChI=1S/C26H32N4O3S/c1-33-20-6-4-5-18(15-20)16-29-12-9-19(10-13-29)28-23(31)11-14-30-17-27-25-24(26(30)32)21-7-2-3-8-22(21)34-25/h4-6,15,17,19H,2-3,7-14,16H2,1H3,(H,28,31). The largest absolute Gasteiger partial charge is 0.497 e. The Morgan fingerprint density at radius 3 is 2.88 bits per heavy atom. The zero-order valence-electron chi connectivity index (χ0n) is 19.7. The molecule has 34 heavy (non-hydrogen) atoms. The molecule has 1 fully saturated rings. The molecule has 1 aliphatic heterocycles. The van der Waals surface area contributed by atoms with Crippen LogP contribution in [0.5, 0.6) is 5.75 Å². The molecule has 8 heteroatoms. The summed E-state index contributed by atoms with van der Waals surface area (Å²) in [4.78, 5) is 34.8. The zero-order valence-corrected chi connectivity index (χ0v) is 20.5. The lowest BCUT2D eigenvalue weighted by molar-refractivity contribution is -0.122. The number of aryl methyl sites for hydroxylation is 3. The molecule has 2 aliphatic rings. The van der Waals surface area contributed by atoms with Crippen molar-refractivity contribution in [3.8, 4) is 5.75 Å². The number of likely N-dealkylation sites (tertiary alicyclic amines) is 1. The van der Waals surface area contributed by atoms with Crippen molar-refractivity contribution in [1.29, 1.82) is 0 Å². The second-order valence-electron chi connectivity index (χ2n) is 9.35. The van der Waals surface area contributed by atoms with Crippen LogP contribution < -0.4 is 15.6 Å². The van der Waals surface area contributed by atoms with Crippen molar-refractivity contribution in [3.63, 3.8) is 0 Å². The van der Waals surface area contributed by atoms with E-state index in [0.29, 0.717) is 13.0 Å². The lowest BCUT2D eigenvalue weighted by Gasteiger charge is -2.32. The van der Waals surface area contributed by atoms with E-state index in [1.807, 2.05) is 12.1 Å². The Labute approximate surface area is 203 Å². The number of rotatable bonds is 7. The summed E-state index contributed by atoms with van der Waals surface area (Å²) in [7, 11) is 1.69. The minimum Gasteiger partial charge on any atom is -0.497 e. The second kappa shape index (κ2) is 10.3. The number of hydrogen-bond donors (Lipinski definition) is 1. The van der Waals surface area contributed by atoms with Gasteiger partial charge < -0.3 is 10.1 Å². The number of nitrogens with zero attached hydrogens (tertiary/aromatic N) is 3. The van der Waals surface area contributed by atoms with E-state index < -0.39 is 0 Å². The van der Waals surface area contributed by atoms with Crippen LogP contribution in [-0.4, -0.2) is 46.6 Å². The highest BCUT2D eigenvalue weighted by molar-refractivity contribution is 7.18. The third kappa shape index (κ3) is 5.03. The Morgan fingerprint density at radius 1 is 1.24 bits per heavy atom. The molecule has 0 radical (unpaired) electrons. The molecule has 3 aromatic rings. The molecule has 0 saturated carbocycles. The van der Waals surface area contributed by atoms with Crippen LogP contribution in [0.25, 0.3) is 10.2 Å². The van der Waals surface area contributed by atoms with Gasteiger partial charge in [0.1, 0.15) is 10.6 Å². The maximum atomic E-state index is 13.1. The molecule has 2 aromatic heterocycles. The number of hydrogen-bond acceptors (Lipinski definition) is 6. The summed E-state index contributed by atoms with van der Waals surface area (Å²) in [6, 6.07) is 8.37. The number of ether oxygens (including phenoxy) is 1. The van der Waals surface area contributed by atoms with E-state index in [1.54, 1.807) is 29.3 Å². The fraction of sp³-hybridized carbons (Fsp3) is 0.500. The second-order valence-corrected chi connectivity index (χ2v) is 10.4. The van der Waals surface area contributed by atoms with Gasteiger partial charge in [-0.3, -0.25) is 19.1 Å². The SMILES string of the molecule is COc1cccc(CN2CCC(NC(=O)CCn3cnc4sc5c(c4c3=O)CCCC5)CC2)c1. The Hall–Kier alpha value is -2.71. The van der Waals surface area contributed by atoms with E-state index in [2.05, 4.69) is 27.3 Å². The Morgan fingerprint density at radius 2 is 2.06 bits per heavy atom. The molecule has 7 nitrogen and oxygen atoms in total. The van der Waals surface area contributed by atoms with E-state index in [4.69, 9.17) is 4.74 Å². The van der Waals surface area contributed by atoms with Gasteiger partial charge in [-0.2, -0.15) is 0 Å². The van der Waals surface area contributed by atoms with Gasteiger partial charge in [0.2, 0.25) is 5.91 Å². The Balaban J connectivity index is 1.12. The normalized spacial score (nSPS) is 17.0. The molecular weight excluding hydrogens is 448 g/mol. The van der Waals surface area contributed by atoms with E-state index in [-0.39, 0.29) is 17.5 Å². The van der Waals surface area contributed by atoms with Crippen molar-refractivity contribution in [2.24, 2.45) is 0 Å². The molecule has 0 bridgehead atoms. The molecule has 1 aliphatic carbocycles. The molecule has 0 spiro atoms. The first-order chi connectivity index (χ1) is 16.6. The van der Waals surface area contributed by atoms with Crippen LogP contribution >= 0.6 is 11.3 Å². The molecule has 1 amide bonds. The molecule has 0 atom stereocenters. The minimum absolute atomic E-state index is 0.00282. The highest BCUT2D eigenvalue weighted by atomic mass is 32.1. The predicted octanol–water partition coefficient (Wildman–Crippen LogP) is 3.52. The number of carbonyl (C=O) groups excluding carboxylic acids is 1. The summed E-state index contributed by atoms with van der Waals surface area (Å²) >= 11 is 1.66. The van der Waals surface area contributed by atoms with Gasteiger partial charge in [0.15, 0.2) is 0 Å². The average molecular weight is 481 g/mol. The Kier molecular flexibility index (Phi) is 6.97. The van der Waals surface area contributed by atoms with Crippen LogP contribution in [-0.2, 0) is 30.7 Å². The third-order valence-electron chi connectivity index (χ3n) is 7.01. The van der Waals surface area contributed by atoms with Crippen molar-refractivity contribution in [2.75, 3.05) is 20.2 Å². The summed E-state index contributed by atoms with van der Waals surface area (Å²) < 4.78 is 6.93. The maximum absolute atomic E-state index is 13.1. The topological polar surface area (TPSA) is 76.5 Å². The first-order valence-electron chi connectivity index (χ1n) is 12.2. The number of piperidine rings is 1. The van der Waals surface area contributed by atoms with E-state index in [0.717, 1.165) is 67.7 Å². The number of nitrogens with one attached hydrogen (secondary N) is 1. The number of aromatic nitrogens is 2. The zero-order chi connectivity index (χ0) is 23.5. The van der Waals surface area contributed by atoms with Gasteiger partial charge in [-0.25, -0.2) is 4.98 Å². The van der Waals surface area contributed by atoms with E-state index >= 15 is 0 Å². The summed E-state index contributed by atoms with van der Waals surface area (Å²) in [6.07, 6.45) is 8.11. The van der Waals surface area contributed by atoms with Crippen molar-refractivity contribution < 1.29 is 9.53 Å². The van der Waals surface area contributed by atoms with Crippen molar-refractivity contribution >= 4 is 27.5 Å². The molecule has 1 N–H and O–H groups in total. The van der Waals surface area contributed by atoms with Crippen molar-refractivity contribution in [2.45, 2.75) is 64.1 Å². The number of thiophene rings is 1. The van der Waals surface area contributed by atoms with Gasteiger partial charge in [-0.05, 0) is 61.8 Å². The number of carbonyl (C=O) groups is 1. The van der Waals surface area contributed by atoms with Crippen molar-refractivity contribution in [3.05, 3.63) is 57.0 Å². The lowest BCUT2D eigenvalue weighted by atomic mass is 9.97. The van der Waals surface area contributed by atoms with Crippen LogP contribution in [0.4, 0.5) is 0 Å². The summed E-state index contributed by atoms with van der Waals surface area (Å²) in [5.74, 6) is 0.887. The molecule has 180 valence electrons. The number of fused-ring (bicyclic) bond motifs is 3. The minimum atomic E-state index is 0.00282.